The molecule has 0 fully saturated rings. The van der Waals surface area contributed by atoms with Gasteiger partial charge in [0.15, 0.2) is 29.0 Å². The van der Waals surface area contributed by atoms with Crippen molar-refractivity contribution >= 4 is 40.7 Å². The van der Waals surface area contributed by atoms with Crippen molar-refractivity contribution in [2.24, 2.45) is 0 Å². The molecule has 0 aliphatic carbocycles. The molecule has 2 aromatic carbocycles. The number of amides is 2. The number of benzene rings is 2. The molecule has 10 nitrogen and oxygen atoms in total. The smallest absolute Gasteiger partial charge is 0.349 e. The molecule has 2 N–H and O–H groups in total. The van der Waals surface area contributed by atoms with Crippen molar-refractivity contribution in [3.63, 3.8) is 0 Å². The average molecular weight is 567 g/mol. The van der Waals surface area contributed by atoms with Crippen molar-refractivity contribution in [3.8, 4) is 17.2 Å². The summed E-state index contributed by atoms with van der Waals surface area (Å²) in [6.45, 7) is -0.364. The summed E-state index contributed by atoms with van der Waals surface area (Å²) >= 11 is 0.836. The van der Waals surface area contributed by atoms with Crippen LogP contribution >= 0.6 is 11.3 Å². The predicted molar refractivity (Wildman–Crippen MR) is 132 cm³/mol. The minimum absolute atomic E-state index is 0.0369. The van der Waals surface area contributed by atoms with E-state index < -0.39 is 42.0 Å². The number of carbonyl (C=O) groups is 3. The summed E-state index contributed by atoms with van der Waals surface area (Å²) in [5, 5.41) is 6.02. The van der Waals surface area contributed by atoms with Crippen molar-refractivity contribution in [1.82, 2.24) is 0 Å². The van der Waals surface area contributed by atoms with E-state index in [1.165, 1.54) is 18.6 Å². The first-order valence-corrected chi connectivity index (χ1v) is 12.1. The van der Waals surface area contributed by atoms with E-state index in [1.807, 2.05) is 0 Å². The summed E-state index contributed by atoms with van der Waals surface area (Å²) in [5.74, 6) is -4.73. The van der Waals surface area contributed by atoms with Gasteiger partial charge in [-0.05, 0) is 12.1 Å². The van der Waals surface area contributed by atoms with Crippen LogP contribution in [0.4, 0.5) is 29.3 Å². The molecule has 0 radical (unpaired) electrons. The molecule has 4 rings (SSSR count). The lowest BCUT2D eigenvalue weighted by Gasteiger charge is -2.16. The fourth-order valence-electron chi connectivity index (χ4n) is 3.83. The summed E-state index contributed by atoms with van der Waals surface area (Å²) < 4.78 is 68.9. The van der Waals surface area contributed by atoms with Gasteiger partial charge in [-0.25, -0.2) is 27.6 Å². The number of anilines is 2. The van der Waals surface area contributed by atoms with Crippen LogP contribution in [0.3, 0.4) is 0 Å². The average Bonchev–Trinajstić information content (AvgIpc) is 3.59. The quantitative estimate of drug-likeness (QED) is 0.369. The Balaban J connectivity index is 1.60. The van der Waals surface area contributed by atoms with Crippen LogP contribution in [0.2, 0.25) is 0 Å². The first kappa shape index (κ1) is 27.6. The monoisotopic (exact) mass is 566 g/mol. The molecule has 206 valence electrons. The highest BCUT2D eigenvalue weighted by molar-refractivity contribution is 7.13. The third kappa shape index (κ3) is 5.41. The maximum atomic E-state index is 15.2. The maximum Gasteiger partial charge on any atom is 0.349 e. The van der Waals surface area contributed by atoms with E-state index in [0.717, 1.165) is 37.7 Å². The van der Waals surface area contributed by atoms with Gasteiger partial charge in [-0.2, -0.15) is 0 Å². The van der Waals surface area contributed by atoms with Gasteiger partial charge in [0.25, 0.3) is 0 Å². The number of urea groups is 1. The SMILES string of the molecule is COC(=O)c1scc(NC(=O)Nc2cc(OCc3c(OC)ccc(F)c3F)c3c(c2F)CCO3)c1C(=O)OC. The fourth-order valence-corrected chi connectivity index (χ4v) is 4.73. The third-order valence-electron chi connectivity index (χ3n) is 5.67. The van der Waals surface area contributed by atoms with E-state index in [0.29, 0.717) is 0 Å². The first-order chi connectivity index (χ1) is 18.7. The topological polar surface area (TPSA) is 121 Å². The zero-order valence-corrected chi connectivity index (χ0v) is 21.6. The number of carbonyl (C=O) groups excluding carboxylic acids is 3. The van der Waals surface area contributed by atoms with Gasteiger partial charge < -0.3 is 34.3 Å². The standard InChI is InChI=1S/C25H21F3N2O8S/c1-34-16-5-4-13(26)19(27)12(16)9-38-17-8-14(20(28)11-6-7-37-21(11)17)29-25(33)30-15-10-39-22(24(32)36-3)18(15)23(31)35-2/h4-5,8,10H,6-7,9H2,1-3H3,(H2,29,30,33). The van der Waals surface area contributed by atoms with Crippen molar-refractivity contribution in [1.29, 1.82) is 0 Å². The Kier molecular flexibility index (Phi) is 8.14. The van der Waals surface area contributed by atoms with E-state index in [4.69, 9.17) is 18.9 Å². The number of fused-ring (bicyclic) bond motifs is 1. The van der Waals surface area contributed by atoms with Crippen molar-refractivity contribution in [2.45, 2.75) is 13.0 Å². The second-order valence-electron chi connectivity index (χ2n) is 7.89. The molecular formula is C25H21F3N2O8S. The van der Waals surface area contributed by atoms with E-state index >= 15 is 4.39 Å². The van der Waals surface area contributed by atoms with Crippen LogP contribution in [0, 0.1) is 17.5 Å². The molecule has 0 unspecified atom stereocenters. The normalized spacial score (nSPS) is 11.7. The summed E-state index contributed by atoms with van der Waals surface area (Å²) in [6.07, 6.45) is 0.159. The minimum Gasteiger partial charge on any atom is -0.496 e. The molecule has 0 saturated carbocycles. The molecule has 3 aromatic rings. The Morgan fingerprint density at radius 2 is 1.69 bits per heavy atom. The molecule has 14 heteroatoms. The number of hydrogen-bond acceptors (Lipinski definition) is 9. The summed E-state index contributed by atoms with van der Waals surface area (Å²) in [6, 6.07) is 2.30. The van der Waals surface area contributed by atoms with E-state index in [9.17, 15) is 23.2 Å². The van der Waals surface area contributed by atoms with E-state index in [-0.39, 0.29) is 63.2 Å². The van der Waals surface area contributed by atoms with Gasteiger partial charge >= 0.3 is 18.0 Å². The lowest BCUT2D eigenvalue weighted by atomic mass is 10.1. The minimum atomic E-state index is -1.17. The van der Waals surface area contributed by atoms with Gasteiger partial charge in [-0.3, -0.25) is 0 Å². The summed E-state index contributed by atoms with van der Waals surface area (Å²) in [4.78, 5) is 36.9. The van der Waals surface area contributed by atoms with Crippen molar-refractivity contribution < 1.29 is 51.2 Å². The number of methoxy groups -OCH3 is 3. The number of thiophene rings is 1. The van der Waals surface area contributed by atoms with Gasteiger partial charge in [0.2, 0.25) is 0 Å². The maximum absolute atomic E-state index is 15.2. The van der Waals surface area contributed by atoms with Crippen LogP contribution in [0.15, 0.2) is 23.6 Å². The molecule has 2 amide bonds. The molecule has 0 saturated heterocycles. The Morgan fingerprint density at radius 3 is 2.38 bits per heavy atom. The highest BCUT2D eigenvalue weighted by atomic mass is 32.1. The van der Waals surface area contributed by atoms with Gasteiger partial charge in [0, 0.05) is 23.4 Å². The Labute approximate surface area is 223 Å². The van der Waals surface area contributed by atoms with Crippen LogP contribution in [0.1, 0.15) is 31.2 Å². The molecule has 1 aliphatic heterocycles. The zero-order chi connectivity index (χ0) is 28.3. The Morgan fingerprint density at radius 1 is 0.974 bits per heavy atom. The third-order valence-corrected chi connectivity index (χ3v) is 6.63. The first-order valence-electron chi connectivity index (χ1n) is 11.2. The number of esters is 2. The number of rotatable bonds is 8. The second-order valence-corrected chi connectivity index (χ2v) is 8.77. The molecule has 0 atom stereocenters. The number of nitrogens with one attached hydrogen (secondary N) is 2. The predicted octanol–water partition coefficient (Wildman–Crippen LogP) is 4.91. The molecule has 39 heavy (non-hydrogen) atoms. The van der Waals surface area contributed by atoms with E-state index in [1.54, 1.807) is 0 Å². The molecular weight excluding hydrogens is 545 g/mol. The van der Waals surface area contributed by atoms with Crippen LogP contribution in [0.5, 0.6) is 17.2 Å². The van der Waals surface area contributed by atoms with Crippen molar-refractivity contribution in [3.05, 3.63) is 62.6 Å². The number of ether oxygens (including phenoxy) is 5. The van der Waals surface area contributed by atoms with Crippen molar-refractivity contribution in [2.75, 3.05) is 38.6 Å². The Bertz CT molecular complexity index is 1460. The number of hydrogen-bond donors (Lipinski definition) is 2. The largest absolute Gasteiger partial charge is 0.496 e. The summed E-state index contributed by atoms with van der Waals surface area (Å²) in [7, 11) is 3.50. The van der Waals surface area contributed by atoms with Gasteiger partial charge in [-0.1, -0.05) is 0 Å². The molecule has 2 heterocycles. The molecule has 1 aliphatic rings. The van der Waals surface area contributed by atoms with E-state index in [2.05, 4.69) is 15.4 Å². The van der Waals surface area contributed by atoms with Crippen LogP contribution < -0.4 is 24.8 Å². The summed E-state index contributed by atoms with van der Waals surface area (Å²) in [5.41, 5.74) is -0.730. The zero-order valence-electron chi connectivity index (χ0n) is 20.7. The fraction of sp³-hybridized carbons (Fsp3) is 0.240. The second kappa shape index (κ2) is 11.5. The lowest BCUT2D eigenvalue weighted by molar-refractivity contribution is 0.0561. The molecule has 1 aromatic heterocycles. The van der Waals surface area contributed by atoms with Gasteiger partial charge in [0.1, 0.15) is 22.8 Å². The van der Waals surface area contributed by atoms with Gasteiger partial charge in [0.05, 0.1) is 44.9 Å². The highest BCUT2D eigenvalue weighted by Gasteiger charge is 2.29. The van der Waals surface area contributed by atoms with Crippen LogP contribution in [0.25, 0.3) is 0 Å². The van der Waals surface area contributed by atoms with Crippen LogP contribution in [-0.4, -0.2) is 45.9 Å². The Hall–Kier alpha value is -4.46. The van der Waals surface area contributed by atoms with Gasteiger partial charge in [-0.15, -0.1) is 11.3 Å². The number of halogens is 3. The highest BCUT2D eigenvalue weighted by Crippen LogP contribution is 2.42. The van der Waals surface area contributed by atoms with Crippen LogP contribution in [-0.2, 0) is 22.5 Å². The molecule has 0 bridgehead atoms. The molecule has 0 spiro atoms. The lowest BCUT2D eigenvalue weighted by Crippen LogP contribution is -2.22.